The molecule has 4 aromatic rings. The third-order valence-electron chi connectivity index (χ3n) is 4.68. The minimum absolute atomic E-state index is 0.173. The van der Waals surface area contributed by atoms with Crippen molar-refractivity contribution in [3.8, 4) is 10.4 Å². The molecule has 5 heteroatoms. The van der Waals surface area contributed by atoms with Gasteiger partial charge in [0.05, 0.1) is 19.1 Å². The van der Waals surface area contributed by atoms with Gasteiger partial charge < -0.3 is 10.1 Å². The molecule has 144 valence electrons. The van der Waals surface area contributed by atoms with Gasteiger partial charge in [0, 0.05) is 4.88 Å². The molecule has 0 saturated heterocycles. The monoisotopic (exact) mass is 401 g/mol. The second kappa shape index (κ2) is 8.29. The first-order valence-corrected chi connectivity index (χ1v) is 10.0. The molecule has 0 aliphatic carbocycles. The zero-order valence-corrected chi connectivity index (χ0v) is 16.7. The van der Waals surface area contributed by atoms with Gasteiger partial charge in [-0.3, -0.25) is 4.79 Å². The topological polar surface area (TPSA) is 55.4 Å². The molecule has 0 aliphatic rings. The van der Waals surface area contributed by atoms with E-state index in [1.807, 2.05) is 72.8 Å². The van der Waals surface area contributed by atoms with E-state index in [-0.39, 0.29) is 12.3 Å². The zero-order valence-electron chi connectivity index (χ0n) is 15.8. The number of rotatable bonds is 5. The Morgan fingerprint density at radius 1 is 0.931 bits per heavy atom. The quantitative estimate of drug-likeness (QED) is 0.447. The van der Waals surface area contributed by atoms with E-state index in [2.05, 4.69) is 5.32 Å². The summed E-state index contributed by atoms with van der Waals surface area (Å²) in [5.41, 5.74) is 2.29. The Balaban J connectivity index is 1.62. The fraction of sp³-hybridized carbons (Fsp3) is 0.0833. The van der Waals surface area contributed by atoms with Crippen LogP contribution in [0.1, 0.15) is 15.9 Å². The summed E-state index contributed by atoms with van der Waals surface area (Å²) in [4.78, 5) is 25.9. The molecule has 1 heterocycles. The molecule has 29 heavy (non-hydrogen) atoms. The van der Waals surface area contributed by atoms with Crippen LogP contribution >= 0.6 is 11.3 Å². The summed E-state index contributed by atoms with van der Waals surface area (Å²) in [7, 11) is 1.34. The number of carbonyl (C=O) groups excluding carboxylic acids is 2. The van der Waals surface area contributed by atoms with Gasteiger partial charge >= 0.3 is 5.97 Å². The van der Waals surface area contributed by atoms with Crippen molar-refractivity contribution >= 4 is 39.0 Å². The Kier molecular flexibility index (Phi) is 5.40. The van der Waals surface area contributed by atoms with Crippen molar-refractivity contribution < 1.29 is 14.3 Å². The highest BCUT2D eigenvalue weighted by Gasteiger charge is 2.19. The molecule has 0 spiro atoms. The second-order valence-corrected chi connectivity index (χ2v) is 7.63. The molecule has 1 amide bonds. The average molecular weight is 401 g/mol. The van der Waals surface area contributed by atoms with Crippen LogP contribution in [0.2, 0.25) is 0 Å². The summed E-state index contributed by atoms with van der Waals surface area (Å²) in [5.74, 6) is -0.642. The van der Waals surface area contributed by atoms with E-state index in [1.54, 1.807) is 6.07 Å². The number of thiophene rings is 1. The van der Waals surface area contributed by atoms with Gasteiger partial charge in [-0.15, -0.1) is 11.3 Å². The van der Waals surface area contributed by atoms with Gasteiger partial charge in [0.25, 0.3) is 0 Å². The number of hydrogen-bond acceptors (Lipinski definition) is 4. The van der Waals surface area contributed by atoms with Crippen LogP contribution in [-0.4, -0.2) is 19.0 Å². The summed E-state index contributed by atoms with van der Waals surface area (Å²) in [6, 6.07) is 25.4. The maximum Gasteiger partial charge on any atom is 0.340 e. The van der Waals surface area contributed by atoms with E-state index >= 15 is 0 Å². The minimum Gasteiger partial charge on any atom is -0.465 e. The van der Waals surface area contributed by atoms with E-state index in [4.69, 9.17) is 4.74 Å². The molecule has 0 saturated carbocycles. The van der Waals surface area contributed by atoms with Gasteiger partial charge in [-0.05, 0) is 28.0 Å². The van der Waals surface area contributed by atoms with Gasteiger partial charge in [0.2, 0.25) is 5.91 Å². The molecule has 4 nitrogen and oxygen atoms in total. The number of carbonyl (C=O) groups is 2. The molecule has 1 N–H and O–H groups in total. The first kappa shape index (κ1) is 18.9. The largest absolute Gasteiger partial charge is 0.465 e. The molecule has 3 aromatic carbocycles. The summed E-state index contributed by atoms with van der Waals surface area (Å²) in [6.45, 7) is 0. The number of fused-ring (bicyclic) bond motifs is 1. The number of ether oxygens (including phenoxy) is 1. The molecule has 0 radical (unpaired) electrons. The molecule has 0 aliphatic heterocycles. The van der Waals surface area contributed by atoms with E-state index in [1.165, 1.54) is 18.4 Å². The van der Waals surface area contributed by atoms with E-state index in [0.717, 1.165) is 26.8 Å². The minimum atomic E-state index is -0.469. The molecule has 4 rings (SSSR count). The van der Waals surface area contributed by atoms with Crippen LogP contribution in [0.4, 0.5) is 5.00 Å². The van der Waals surface area contributed by atoms with Crippen molar-refractivity contribution in [2.75, 3.05) is 12.4 Å². The highest BCUT2D eigenvalue weighted by atomic mass is 32.1. The summed E-state index contributed by atoms with van der Waals surface area (Å²) < 4.78 is 4.90. The lowest BCUT2D eigenvalue weighted by Gasteiger charge is -2.08. The molecule has 0 bridgehead atoms. The first-order valence-electron chi connectivity index (χ1n) is 9.20. The van der Waals surface area contributed by atoms with Crippen LogP contribution in [0.25, 0.3) is 21.2 Å². The van der Waals surface area contributed by atoms with Crippen LogP contribution in [-0.2, 0) is 16.0 Å². The standard InChI is InChI=1S/C24H19NO3S/c1-28-24(27)20-15-21(17-9-3-2-4-10-17)29-23(20)25-22(26)14-18-12-7-11-16-8-5-6-13-19(16)18/h2-13,15H,14H2,1H3,(H,25,26). The van der Waals surface area contributed by atoms with Crippen molar-refractivity contribution in [1.29, 1.82) is 0 Å². The van der Waals surface area contributed by atoms with E-state index in [0.29, 0.717) is 10.6 Å². The highest BCUT2D eigenvalue weighted by Crippen LogP contribution is 2.36. The SMILES string of the molecule is COC(=O)c1cc(-c2ccccc2)sc1NC(=O)Cc1cccc2ccccc12. The lowest BCUT2D eigenvalue weighted by molar-refractivity contribution is -0.115. The van der Waals surface area contributed by atoms with Crippen molar-refractivity contribution in [2.45, 2.75) is 6.42 Å². The predicted molar refractivity (Wildman–Crippen MR) is 117 cm³/mol. The van der Waals surface area contributed by atoms with Crippen LogP contribution in [0.15, 0.2) is 78.9 Å². The van der Waals surface area contributed by atoms with Gasteiger partial charge in [0.1, 0.15) is 5.00 Å². The smallest absolute Gasteiger partial charge is 0.340 e. The third-order valence-corrected chi connectivity index (χ3v) is 5.78. The van der Waals surface area contributed by atoms with Crippen LogP contribution in [0.5, 0.6) is 0 Å². The zero-order chi connectivity index (χ0) is 20.2. The maximum atomic E-state index is 12.8. The van der Waals surface area contributed by atoms with Gasteiger partial charge in [-0.2, -0.15) is 0 Å². The fourth-order valence-electron chi connectivity index (χ4n) is 3.28. The van der Waals surface area contributed by atoms with Crippen LogP contribution in [0.3, 0.4) is 0 Å². The van der Waals surface area contributed by atoms with Crippen LogP contribution in [0, 0.1) is 0 Å². The highest BCUT2D eigenvalue weighted by molar-refractivity contribution is 7.20. The normalized spacial score (nSPS) is 10.7. The maximum absolute atomic E-state index is 12.8. The number of nitrogens with one attached hydrogen (secondary N) is 1. The third kappa shape index (κ3) is 4.05. The molecule has 1 aromatic heterocycles. The molecular formula is C24H19NO3S. The summed E-state index contributed by atoms with van der Waals surface area (Å²) in [5, 5.41) is 5.55. The van der Waals surface area contributed by atoms with Crippen molar-refractivity contribution in [2.24, 2.45) is 0 Å². The first-order chi connectivity index (χ1) is 14.2. The van der Waals surface area contributed by atoms with Gasteiger partial charge in [-0.1, -0.05) is 72.8 Å². The fourth-order valence-corrected chi connectivity index (χ4v) is 4.35. The van der Waals surface area contributed by atoms with Crippen molar-refractivity contribution in [1.82, 2.24) is 0 Å². The lowest BCUT2D eigenvalue weighted by atomic mass is 10.0. The number of hydrogen-bond donors (Lipinski definition) is 1. The van der Waals surface area contributed by atoms with E-state index < -0.39 is 5.97 Å². The Morgan fingerprint density at radius 2 is 1.66 bits per heavy atom. The van der Waals surface area contributed by atoms with Crippen molar-refractivity contribution in [3.05, 3.63) is 90.0 Å². The number of methoxy groups -OCH3 is 1. The molecule has 0 unspecified atom stereocenters. The number of anilines is 1. The van der Waals surface area contributed by atoms with E-state index in [9.17, 15) is 9.59 Å². The Hall–Kier alpha value is -3.44. The van der Waals surface area contributed by atoms with Crippen LogP contribution < -0.4 is 5.32 Å². The predicted octanol–water partition coefficient (Wildman–Crippen LogP) is 5.54. The number of amides is 1. The van der Waals surface area contributed by atoms with Gasteiger partial charge in [0.15, 0.2) is 0 Å². The van der Waals surface area contributed by atoms with Gasteiger partial charge in [-0.25, -0.2) is 4.79 Å². The lowest BCUT2D eigenvalue weighted by Crippen LogP contribution is -2.16. The summed E-state index contributed by atoms with van der Waals surface area (Å²) >= 11 is 1.37. The molecule has 0 fully saturated rings. The van der Waals surface area contributed by atoms with Crippen molar-refractivity contribution in [3.63, 3.8) is 0 Å². The molecule has 0 atom stereocenters. The number of benzene rings is 3. The Labute approximate surface area is 172 Å². The summed E-state index contributed by atoms with van der Waals surface area (Å²) in [6.07, 6.45) is 0.223. The Bertz CT molecular complexity index is 1180. The average Bonchev–Trinajstić information content (AvgIpc) is 3.17. The second-order valence-electron chi connectivity index (χ2n) is 6.57. The number of esters is 1. The Morgan fingerprint density at radius 3 is 2.45 bits per heavy atom. The molecular weight excluding hydrogens is 382 g/mol.